The summed E-state index contributed by atoms with van der Waals surface area (Å²) >= 11 is 3.36. The Hall–Kier alpha value is -1.93. The maximum absolute atomic E-state index is 13.1. The number of hydrogen-bond acceptors (Lipinski definition) is 5. The van der Waals surface area contributed by atoms with Gasteiger partial charge in [-0.05, 0) is 41.6 Å². The van der Waals surface area contributed by atoms with Crippen LogP contribution in [0.5, 0.6) is 0 Å². The van der Waals surface area contributed by atoms with Gasteiger partial charge in [0.2, 0.25) is 5.82 Å². The van der Waals surface area contributed by atoms with Crippen molar-refractivity contribution in [1.82, 2.24) is 19.4 Å². The zero-order valence-corrected chi connectivity index (χ0v) is 17.0. The average molecular weight is 475 g/mol. The number of nitrogens with one attached hydrogen (secondary N) is 1. The highest BCUT2D eigenvalue weighted by Crippen LogP contribution is 2.34. The van der Waals surface area contributed by atoms with Crippen molar-refractivity contribution in [3.8, 4) is 6.07 Å². The van der Waals surface area contributed by atoms with Crippen LogP contribution in [0.15, 0.2) is 10.7 Å². The molecule has 1 aliphatic carbocycles. The topological polar surface area (TPSA) is 69.8 Å². The lowest BCUT2D eigenvalue weighted by Gasteiger charge is -2.43. The molecule has 1 saturated heterocycles. The molecule has 2 aliphatic rings. The number of imidazole rings is 1. The van der Waals surface area contributed by atoms with Crippen molar-refractivity contribution < 1.29 is 17.6 Å². The van der Waals surface area contributed by atoms with Crippen LogP contribution in [0.25, 0.3) is 11.0 Å². The molecule has 11 heteroatoms. The van der Waals surface area contributed by atoms with Crippen LogP contribution in [0.1, 0.15) is 31.5 Å². The second-order valence-corrected chi connectivity index (χ2v) is 8.40. The molecule has 0 aromatic carbocycles. The molecule has 0 spiro atoms. The lowest BCUT2D eigenvalue weighted by atomic mass is 9.88. The van der Waals surface area contributed by atoms with Gasteiger partial charge in [0.25, 0.3) is 0 Å². The number of anilines is 1. The Morgan fingerprint density at radius 2 is 1.93 bits per heavy atom. The number of likely N-dealkylation sites (tertiary alicyclic amines) is 1. The van der Waals surface area contributed by atoms with Gasteiger partial charge >= 0.3 is 6.18 Å². The fourth-order valence-electron chi connectivity index (χ4n) is 4.14. The van der Waals surface area contributed by atoms with Gasteiger partial charge in [0.05, 0.1) is 16.2 Å². The van der Waals surface area contributed by atoms with E-state index in [2.05, 4.69) is 36.1 Å². The minimum Gasteiger partial charge on any atom is -0.366 e. The number of rotatable bonds is 4. The molecular weight excluding hydrogens is 456 g/mol. The van der Waals surface area contributed by atoms with Crippen LogP contribution in [0.4, 0.5) is 23.4 Å². The smallest absolute Gasteiger partial charge is 0.366 e. The minimum absolute atomic E-state index is 0.129. The zero-order chi connectivity index (χ0) is 20.8. The second kappa shape index (κ2) is 7.72. The third-order valence-corrected chi connectivity index (χ3v) is 6.33. The Morgan fingerprint density at radius 1 is 1.24 bits per heavy atom. The monoisotopic (exact) mass is 474 g/mol. The number of hydrogen-bond donors (Lipinski definition) is 1. The molecule has 0 bridgehead atoms. The maximum Gasteiger partial charge on any atom is 0.406 e. The van der Waals surface area contributed by atoms with E-state index in [0.717, 1.165) is 30.3 Å². The van der Waals surface area contributed by atoms with Crippen molar-refractivity contribution in [2.45, 2.75) is 56.7 Å². The Morgan fingerprint density at radius 3 is 2.52 bits per heavy atom. The van der Waals surface area contributed by atoms with Crippen LogP contribution >= 0.6 is 15.9 Å². The first-order valence-corrected chi connectivity index (χ1v) is 10.2. The molecule has 1 N–H and O–H groups in total. The molecule has 29 heavy (non-hydrogen) atoms. The van der Waals surface area contributed by atoms with Crippen LogP contribution in [0, 0.1) is 11.3 Å². The zero-order valence-electron chi connectivity index (χ0n) is 15.4. The lowest BCUT2D eigenvalue weighted by molar-refractivity contribution is -0.140. The van der Waals surface area contributed by atoms with Gasteiger partial charge in [0, 0.05) is 25.2 Å². The van der Waals surface area contributed by atoms with Crippen molar-refractivity contribution in [2.24, 2.45) is 0 Å². The highest BCUT2D eigenvalue weighted by Gasteiger charge is 2.35. The molecule has 0 radical (unpaired) electrons. The van der Waals surface area contributed by atoms with Gasteiger partial charge in [0.1, 0.15) is 30.1 Å². The number of alkyl halides is 4. The van der Waals surface area contributed by atoms with Crippen molar-refractivity contribution in [3.05, 3.63) is 16.5 Å². The summed E-state index contributed by atoms with van der Waals surface area (Å²) in [5.74, 6) is 0.125. The van der Waals surface area contributed by atoms with Gasteiger partial charge in [-0.2, -0.15) is 18.4 Å². The highest BCUT2D eigenvalue weighted by atomic mass is 79.9. The molecule has 1 aliphatic heterocycles. The molecule has 2 fully saturated rings. The molecule has 3 heterocycles. The number of aromatic nitrogens is 3. The van der Waals surface area contributed by atoms with Crippen LogP contribution in [0.2, 0.25) is 0 Å². The SMILES string of the molecule is N#Cc1nc2cnc(NC3CCC(N4CC(F)C4)CC3)c(Br)c2n1CC(F)(F)F. The van der Waals surface area contributed by atoms with Crippen LogP contribution < -0.4 is 5.32 Å². The van der Waals surface area contributed by atoms with Crippen LogP contribution in [-0.4, -0.2) is 57.0 Å². The molecule has 2 aromatic heterocycles. The van der Waals surface area contributed by atoms with E-state index in [1.54, 1.807) is 6.07 Å². The lowest BCUT2D eigenvalue weighted by Crippen LogP contribution is -2.54. The van der Waals surface area contributed by atoms with Crippen molar-refractivity contribution in [1.29, 1.82) is 5.26 Å². The third-order valence-electron chi connectivity index (χ3n) is 5.58. The third kappa shape index (κ3) is 4.19. The van der Waals surface area contributed by atoms with Gasteiger partial charge in [-0.15, -0.1) is 0 Å². The molecule has 156 valence electrons. The van der Waals surface area contributed by atoms with Crippen molar-refractivity contribution >= 4 is 32.8 Å². The van der Waals surface area contributed by atoms with Gasteiger partial charge in [-0.1, -0.05) is 0 Å². The van der Waals surface area contributed by atoms with E-state index in [-0.39, 0.29) is 22.9 Å². The first-order chi connectivity index (χ1) is 13.7. The fraction of sp³-hybridized carbons (Fsp3) is 0.611. The molecule has 4 rings (SSSR count). The summed E-state index contributed by atoms with van der Waals surface area (Å²) in [5, 5.41) is 12.5. The summed E-state index contributed by atoms with van der Waals surface area (Å²) in [7, 11) is 0. The van der Waals surface area contributed by atoms with E-state index in [0.29, 0.717) is 29.4 Å². The largest absolute Gasteiger partial charge is 0.406 e. The van der Waals surface area contributed by atoms with E-state index < -0.39 is 18.9 Å². The van der Waals surface area contributed by atoms with E-state index in [4.69, 9.17) is 5.26 Å². The van der Waals surface area contributed by atoms with Gasteiger partial charge in [-0.3, -0.25) is 4.90 Å². The summed E-state index contributed by atoms with van der Waals surface area (Å²) in [5.41, 5.74) is 0.421. The van der Waals surface area contributed by atoms with Crippen molar-refractivity contribution in [3.63, 3.8) is 0 Å². The van der Waals surface area contributed by atoms with Crippen LogP contribution in [-0.2, 0) is 6.54 Å². The standard InChI is InChI=1S/C18H19BrF4N6/c19-15-16-13(27-14(5-24)29(16)9-18(21,22)23)6-25-17(15)26-11-1-3-12(4-2-11)28-7-10(20)8-28/h6,10-12H,1-4,7-9H2,(H,25,26). The molecular formula is C18H19BrF4N6. The summed E-state index contributed by atoms with van der Waals surface area (Å²) in [4.78, 5) is 10.4. The van der Waals surface area contributed by atoms with Crippen molar-refractivity contribution in [2.75, 3.05) is 18.4 Å². The number of halogens is 5. The molecule has 6 nitrogen and oxygen atoms in total. The van der Waals surface area contributed by atoms with Gasteiger partial charge < -0.3 is 9.88 Å². The molecule has 0 unspecified atom stereocenters. The first-order valence-electron chi connectivity index (χ1n) is 9.41. The Bertz CT molecular complexity index is 938. The Labute approximate surface area is 173 Å². The normalized spacial score (nSPS) is 23.7. The predicted octanol–water partition coefficient (Wildman–Crippen LogP) is 4.00. The second-order valence-electron chi connectivity index (χ2n) is 7.60. The number of nitriles is 1. The van der Waals surface area contributed by atoms with Gasteiger partial charge in [0.15, 0.2) is 0 Å². The molecule has 1 saturated carbocycles. The Kier molecular flexibility index (Phi) is 5.42. The quantitative estimate of drug-likeness (QED) is 0.678. The average Bonchev–Trinajstić information content (AvgIpc) is 2.99. The summed E-state index contributed by atoms with van der Waals surface area (Å²) in [6.07, 6.45) is -0.195. The first kappa shape index (κ1) is 20.3. The van der Waals surface area contributed by atoms with E-state index in [1.165, 1.54) is 6.20 Å². The number of pyridine rings is 1. The Balaban J connectivity index is 1.52. The van der Waals surface area contributed by atoms with E-state index >= 15 is 0 Å². The molecule has 2 aromatic rings. The predicted molar refractivity (Wildman–Crippen MR) is 102 cm³/mol. The summed E-state index contributed by atoms with van der Waals surface area (Å²) < 4.78 is 53.3. The minimum atomic E-state index is -4.48. The van der Waals surface area contributed by atoms with Crippen LogP contribution in [0.3, 0.4) is 0 Å². The highest BCUT2D eigenvalue weighted by molar-refractivity contribution is 9.10. The fourth-order valence-corrected chi connectivity index (χ4v) is 4.77. The van der Waals surface area contributed by atoms with Gasteiger partial charge in [-0.25, -0.2) is 14.4 Å². The number of fused-ring (bicyclic) bond motifs is 1. The summed E-state index contributed by atoms with van der Waals surface area (Å²) in [6, 6.07) is 2.24. The number of nitrogens with zero attached hydrogens (tertiary/aromatic N) is 5. The molecule has 0 amide bonds. The van der Waals surface area contributed by atoms with E-state index in [9.17, 15) is 17.6 Å². The van der Waals surface area contributed by atoms with E-state index in [1.807, 2.05) is 0 Å². The maximum atomic E-state index is 13.1. The summed E-state index contributed by atoms with van der Waals surface area (Å²) in [6.45, 7) is -0.279. The molecule has 0 atom stereocenters.